The van der Waals surface area contributed by atoms with E-state index in [1.165, 1.54) is 6.07 Å². The molecule has 0 aliphatic heterocycles. The molecule has 0 spiro atoms. The molecular weight excluding hydrogens is 339 g/mol. The first-order valence-electron chi connectivity index (χ1n) is 6.56. The third-order valence-electron chi connectivity index (χ3n) is 3.24. The summed E-state index contributed by atoms with van der Waals surface area (Å²) in [7, 11) is 0. The van der Waals surface area contributed by atoms with Crippen molar-refractivity contribution in [3.8, 4) is 6.07 Å². The van der Waals surface area contributed by atoms with Crippen molar-refractivity contribution in [1.82, 2.24) is 9.78 Å². The van der Waals surface area contributed by atoms with E-state index in [9.17, 15) is 9.59 Å². The molecule has 6 nitrogen and oxygen atoms in total. The van der Waals surface area contributed by atoms with Gasteiger partial charge in [0.1, 0.15) is 18.2 Å². The summed E-state index contributed by atoms with van der Waals surface area (Å²) >= 11 is 11.8. The van der Waals surface area contributed by atoms with Crippen molar-refractivity contribution in [2.24, 2.45) is 0 Å². The van der Waals surface area contributed by atoms with Gasteiger partial charge in [-0.25, -0.2) is 4.68 Å². The number of hydrogen-bond acceptors (Lipinski definition) is 4. The van der Waals surface area contributed by atoms with Crippen LogP contribution in [0.3, 0.4) is 0 Å². The number of aryl methyl sites for hydroxylation is 1. The first kappa shape index (κ1) is 17.0. The van der Waals surface area contributed by atoms with Crippen LogP contribution < -0.4 is 10.9 Å². The molecule has 0 saturated carbocycles. The van der Waals surface area contributed by atoms with E-state index in [1.807, 2.05) is 6.07 Å². The highest BCUT2D eigenvalue weighted by atomic mass is 35.5. The highest BCUT2D eigenvalue weighted by Gasteiger charge is 2.14. The highest BCUT2D eigenvalue weighted by Crippen LogP contribution is 2.25. The van der Waals surface area contributed by atoms with Gasteiger partial charge in [-0.3, -0.25) is 9.59 Å². The van der Waals surface area contributed by atoms with E-state index < -0.39 is 11.5 Å². The lowest BCUT2D eigenvalue weighted by Crippen LogP contribution is -2.32. The number of carbonyl (C=O) groups is 1. The van der Waals surface area contributed by atoms with Crippen molar-refractivity contribution in [3.05, 3.63) is 55.4 Å². The molecule has 1 N–H and O–H groups in total. The van der Waals surface area contributed by atoms with Crippen LogP contribution in [0.4, 0.5) is 5.69 Å². The number of aromatic nitrogens is 2. The second-order valence-corrected chi connectivity index (χ2v) is 5.68. The number of benzene rings is 1. The Kier molecular flexibility index (Phi) is 5.04. The number of nitrogens with one attached hydrogen (secondary N) is 1. The first-order valence-corrected chi connectivity index (χ1v) is 7.32. The Labute approximate surface area is 142 Å². The van der Waals surface area contributed by atoms with Crippen LogP contribution in [-0.2, 0) is 11.3 Å². The molecule has 0 atom stereocenters. The zero-order chi connectivity index (χ0) is 17.1. The highest BCUT2D eigenvalue weighted by molar-refractivity contribution is 6.35. The monoisotopic (exact) mass is 350 g/mol. The third kappa shape index (κ3) is 3.70. The maximum Gasteiger partial charge on any atom is 0.285 e. The maximum atomic E-state index is 12.1. The minimum Gasteiger partial charge on any atom is -0.323 e. The SMILES string of the molecule is Cc1nn(CC(=O)Nc2cc(Cl)ccc2Cl)c(=O)c(C#N)c1C. The normalized spacial score (nSPS) is 10.2. The fourth-order valence-corrected chi connectivity index (χ4v) is 2.27. The van der Waals surface area contributed by atoms with Gasteiger partial charge in [0.25, 0.3) is 5.56 Å². The molecule has 1 heterocycles. The van der Waals surface area contributed by atoms with Gasteiger partial charge in [-0.15, -0.1) is 0 Å². The fourth-order valence-electron chi connectivity index (χ4n) is 1.93. The third-order valence-corrected chi connectivity index (χ3v) is 3.81. The summed E-state index contributed by atoms with van der Waals surface area (Å²) in [6, 6.07) is 6.48. The molecule has 2 rings (SSSR count). The van der Waals surface area contributed by atoms with E-state index >= 15 is 0 Å². The Hall–Kier alpha value is -2.36. The lowest BCUT2D eigenvalue weighted by Gasteiger charge is -2.10. The topological polar surface area (TPSA) is 87.8 Å². The Morgan fingerprint density at radius 3 is 2.74 bits per heavy atom. The number of amides is 1. The first-order chi connectivity index (χ1) is 10.8. The molecule has 0 fully saturated rings. The maximum absolute atomic E-state index is 12.1. The van der Waals surface area contributed by atoms with Crippen molar-refractivity contribution in [2.75, 3.05) is 5.32 Å². The van der Waals surface area contributed by atoms with Gasteiger partial charge in [0.05, 0.1) is 16.4 Å². The Morgan fingerprint density at radius 2 is 2.09 bits per heavy atom. The molecule has 23 heavy (non-hydrogen) atoms. The van der Waals surface area contributed by atoms with Crippen molar-refractivity contribution in [1.29, 1.82) is 5.26 Å². The van der Waals surface area contributed by atoms with Crippen molar-refractivity contribution in [3.63, 3.8) is 0 Å². The van der Waals surface area contributed by atoms with Crippen LogP contribution in [0.25, 0.3) is 0 Å². The average Bonchev–Trinajstić information content (AvgIpc) is 2.49. The van der Waals surface area contributed by atoms with Crippen LogP contribution in [0.1, 0.15) is 16.8 Å². The van der Waals surface area contributed by atoms with Crippen LogP contribution in [0, 0.1) is 25.2 Å². The fraction of sp³-hybridized carbons (Fsp3) is 0.200. The van der Waals surface area contributed by atoms with E-state index in [1.54, 1.807) is 26.0 Å². The van der Waals surface area contributed by atoms with E-state index in [2.05, 4.69) is 10.4 Å². The number of anilines is 1. The van der Waals surface area contributed by atoms with Gasteiger partial charge in [0, 0.05) is 5.02 Å². The summed E-state index contributed by atoms with van der Waals surface area (Å²) in [6.45, 7) is 2.97. The standard InChI is InChI=1S/C15H12Cl2N4O2/c1-8-9(2)20-21(15(23)11(8)6-18)7-14(22)19-13-5-10(16)3-4-12(13)17/h3-5H,7H2,1-2H3,(H,19,22). The molecule has 118 valence electrons. The number of rotatable bonds is 3. The van der Waals surface area contributed by atoms with Crippen LogP contribution >= 0.6 is 23.2 Å². The lowest BCUT2D eigenvalue weighted by atomic mass is 10.1. The number of hydrogen-bond donors (Lipinski definition) is 1. The quantitative estimate of drug-likeness (QED) is 0.921. The molecule has 0 aliphatic carbocycles. The van der Waals surface area contributed by atoms with Gasteiger partial charge in [-0.2, -0.15) is 10.4 Å². The minimum atomic E-state index is -0.608. The molecular formula is C15H12Cl2N4O2. The van der Waals surface area contributed by atoms with Gasteiger partial charge >= 0.3 is 0 Å². The molecule has 2 aromatic rings. The predicted octanol–water partition coefficient (Wildman–Crippen LogP) is 2.68. The van der Waals surface area contributed by atoms with Crippen molar-refractivity contribution < 1.29 is 4.79 Å². The largest absolute Gasteiger partial charge is 0.323 e. The van der Waals surface area contributed by atoms with Crippen LogP contribution in [0.2, 0.25) is 10.0 Å². The van der Waals surface area contributed by atoms with E-state index in [0.717, 1.165) is 4.68 Å². The molecule has 0 radical (unpaired) electrons. The zero-order valence-corrected chi connectivity index (χ0v) is 13.9. The molecule has 1 aromatic carbocycles. The molecule has 1 amide bonds. The van der Waals surface area contributed by atoms with Gasteiger partial charge in [0.2, 0.25) is 5.91 Å². The van der Waals surface area contributed by atoms with E-state index in [0.29, 0.717) is 27.0 Å². The average molecular weight is 351 g/mol. The molecule has 0 bridgehead atoms. The predicted molar refractivity (Wildman–Crippen MR) is 87.8 cm³/mol. The summed E-state index contributed by atoms with van der Waals surface area (Å²) in [5, 5.41) is 16.4. The summed E-state index contributed by atoms with van der Waals surface area (Å²) in [5.41, 5.74) is 0.720. The molecule has 0 unspecified atom stereocenters. The van der Waals surface area contributed by atoms with Gasteiger partial charge in [-0.05, 0) is 37.6 Å². The van der Waals surface area contributed by atoms with Gasteiger partial charge < -0.3 is 5.32 Å². The van der Waals surface area contributed by atoms with Crippen LogP contribution in [-0.4, -0.2) is 15.7 Å². The second kappa shape index (κ2) is 6.82. The van der Waals surface area contributed by atoms with Gasteiger partial charge in [-0.1, -0.05) is 23.2 Å². The van der Waals surface area contributed by atoms with Crippen molar-refractivity contribution in [2.45, 2.75) is 20.4 Å². The number of halogens is 2. The molecule has 0 aliphatic rings. The summed E-state index contributed by atoms with van der Waals surface area (Å²) in [5.74, 6) is -0.504. The summed E-state index contributed by atoms with van der Waals surface area (Å²) in [6.07, 6.45) is 0. The second-order valence-electron chi connectivity index (χ2n) is 4.83. The smallest absolute Gasteiger partial charge is 0.285 e. The van der Waals surface area contributed by atoms with Crippen LogP contribution in [0.5, 0.6) is 0 Å². The van der Waals surface area contributed by atoms with E-state index in [-0.39, 0.29) is 12.1 Å². The van der Waals surface area contributed by atoms with Gasteiger partial charge in [0.15, 0.2) is 0 Å². The Balaban J connectivity index is 2.28. The summed E-state index contributed by atoms with van der Waals surface area (Å²) in [4.78, 5) is 24.2. The van der Waals surface area contributed by atoms with Crippen molar-refractivity contribution >= 4 is 34.8 Å². The van der Waals surface area contributed by atoms with E-state index in [4.69, 9.17) is 28.5 Å². The number of carbonyl (C=O) groups excluding carboxylic acids is 1. The molecule has 8 heteroatoms. The number of nitriles is 1. The summed E-state index contributed by atoms with van der Waals surface area (Å²) < 4.78 is 0.953. The lowest BCUT2D eigenvalue weighted by molar-refractivity contribution is -0.117. The Bertz CT molecular complexity index is 884. The zero-order valence-electron chi connectivity index (χ0n) is 12.4. The molecule has 0 saturated heterocycles. The minimum absolute atomic E-state index is 0.0221. The molecule has 1 aromatic heterocycles. The van der Waals surface area contributed by atoms with Crippen LogP contribution in [0.15, 0.2) is 23.0 Å². The number of nitrogens with zero attached hydrogens (tertiary/aromatic N) is 3. The Morgan fingerprint density at radius 1 is 1.39 bits per heavy atom.